The number of urea groups is 1. The van der Waals surface area contributed by atoms with Crippen LogP contribution in [0.2, 0.25) is 0 Å². The average molecular weight is 439 g/mol. The summed E-state index contributed by atoms with van der Waals surface area (Å²) < 4.78 is 11.3. The van der Waals surface area contributed by atoms with Gasteiger partial charge in [-0.2, -0.15) is 0 Å². The topological polar surface area (TPSA) is 84.0 Å². The number of rotatable bonds is 8. The number of likely N-dealkylation sites (tertiary alicyclic amines) is 2. The van der Waals surface area contributed by atoms with E-state index < -0.39 is 0 Å². The second kappa shape index (κ2) is 10.5. The first-order valence-electron chi connectivity index (χ1n) is 11.2. The SMILES string of the molecule is CCOCCC(=O)N1CC[C@@H](Oc2ccc(NC(=O)N3CC(c4cccnc4)C3)cc2)C1. The minimum atomic E-state index is -0.101. The van der Waals surface area contributed by atoms with Gasteiger partial charge in [0.05, 0.1) is 19.6 Å². The van der Waals surface area contributed by atoms with Gasteiger partial charge in [0, 0.05) is 56.7 Å². The van der Waals surface area contributed by atoms with E-state index >= 15 is 0 Å². The number of hydrogen-bond donors (Lipinski definition) is 1. The number of anilines is 1. The Morgan fingerprint density at radius 3 is 2.66 bits per heavy atom. The van der Waals surface area contributed by atoms with Crippen LogP contribution in [0.3, 0.4) is 0 Å². The second-order valence-electron chi connectivity index (χ2n) is 8.16. The number of nitrogens with one attached hydrogen (secondary N) is 1. The van der Waals surface area contributed by atoms with Crippen LogP contribution in [0.5, 0.6) is 5.75 Å². The number of nitrogens with zero attached hydrogens (tertiary/aromatic N) is 3. The third-order valence-electron chi connectivity index (χ3n) is 5.90. The van der Waals surface area contributed by atoms with Gasteiger partial charge in [0.1, 0.15) is 11.9 Å². The van der Waals surface area contributed by atoms with Gasteiger partial charge < -0.3 is 24.6 Å². The van der Waals surface area contributed by atoms with Crippen LogP contribution in [0.15, 0.2) is 48.8 Å². The fourth-order valence-corrected chi connectivity index (χ4v) is 4.00. The van der Waals surface area contributed by atoms with E-state index in [9.17, 15) is 9.59 Å². The highest BCUT2D eigenvalue weighted by Gasteiger charge is 2.32. The smallest absolute Gasteiger partial charge is 0.321 e. The number of hydrogen-bond acceptors (Lipinski definition) is 5. The van der Waals surface area contributed by atoms with E-state index in [0.29, 0.717) is 51.7 Å². The molecule has 2 saturated heterocycles. The van der Waals surface area contributed by atoms with E-state index in [1.165, 1.54) is 5.56 Å². The molecule has 0 bridgehead atoms. The third-order valence-corrected chi connectivity index (χ3v) is 5.90. The molecule has 1 N–H and O–H groups in total. The first-order chi connectivity index (χ1) is 15.6. The number of carbonyl (C=O) groups is 2. The highest BCUT2D eigenvalue weighted by Crippen LogP contribution is 2.27. The predicted molar refractivity (Wildman–Crippen MR) is 121 cm³/mol. The molecule has 2 aliphatic rings. The van der Waals surface area contributed by atoms with Crippen molar-refractivity contribution in [1.82, 2.24) is 14.8 Å². The maximum Gasteiger partial charge on any atom is 0.321 e. The summed E-state index contributed by atoms with van der Waals surface area (Å²) in [6.45, 7) is 5.70. The molecule has 2 aromatic rings. The summed E-state index contributed by atoms with van der Waals surface area (Å²) in [4.78, 5) is 32.4. The molecule has 8 heteroatoms. The molecular formula is C24H30N4O4. The Labute approximate surface area is 188 Å². The monoisotopic (exact) mass is 438 g/mol. The molecule has 8 nitrogen and oxygen atoms in total. The largest absolute Gasteiger partial charge is 0.489 e. The zero-order chi connectivity index (χ0) is 22.3. The van der Waals surface area contributed by atoms with Gasteiger partial charge in [0.25, 0.3) is 0 Å². The summed E-state index contributed by atoms with van der Waals surface area (Å²) in [7, 11) is 0. The predicted octanol–water partition coefficient (Wildman–Crippen LogP) is 3.12. The number of amides is 3. The first-order valence-corrected chi connectivity index (χ1v) is 11.2. The molecule has 2 aliphatic heterocycles. The Hall–Kier alpha value is -3.13. The molecular weight excluding hydrogens is 408 g/mol. The average Bonchev–Trinajstić information content (AvgIpc) is 3.24. The van der Waals surface area contributed by atoms with E-state index in [1.54, 1.807) is 11.1 Å². The third kappa shape index (κ3) is 5.56. The molecule has 0 saturated carbocycles. The van der Waals surface area contributed by atoms with Crippen LogP contribution in [0.1, 0.15) is 31.2 Å². The number of benzene rings is 1. The lowest BCUT2D eigenvalue weighted by Crippen LogP contribution is -2.50. The Bertz CT molecular complexity index is 900. The number of pyridine rings is 1. The Morgan fingerprint density at radius 2 is 1.94 bits per heavy atom. The van der Waals surface area contributed by atoms with Gasteiger partial charge in [0.15, 0.2) is 0 Å². The minimum absolute atomic E-state index is 0.0167. The zero-order valence-corrected chi connectivity index (χ0v) is 18.4. The molecule has 0 spiro atoms. The first kappa shape index (κ1) is 22.1. The summed E-state index contributed by atoms with van der Waals surface area (Å²) in [5, 5.41) is 2.93. The van der Waals surface area contributed by atoms with Crippen LogP contribution in [-0.4, -0.2) is 72.2 Å². The summed E-state index contributed by atoms with van der Waals surface area (Å²) in [5.41, 5.74) is 1.89. The molecule has 32 heavy (non-hydrogen) atoms. The lowest BCUT2D eigenvalue weighted by atomic mass is 9.93. The fraction of sp³-hybridized carbons (Fsp3) is 0.458. The molecule has 1 atom stereocenters. The second-order valence-corrected chi connectivity index (χ2v) is 8.16. The van der Waals surface area contributed by atoms with Gasteiger partial charge in [-0.25, -0.2) is 4.79 Å². The van der Waals surface area contributed by atoms with Gasteiger partial charge in [-0.1, -0.05) is 6.07 Å². The van der Waals surface area contributed by atoms with Crippen LogP contribution in [-0.2, 0) is 9.53 Å². The van der Waals surface area contributed by atoms with Crippen LogP contribution in [0.4, 0.5) is 10.5 Å². The van der Waals surface area contributed by atoms with E-state index in [2.05, 4.69) is 10.3 Å². The summed E-state index contributed by atoms with van der Waals surface area (Å²) >= 11 is 0. The van der Waals surface area contributed by atoms with E-state index in [0.717, 1.165) is 17.9 Å². The lowest BCUT2D eigenvalue weighted by Gasteiger charge is -2.39. The van der Waals surface area contributed by atoms with E-state index in [4.69, 9.17) is 9.47 Å². The van der Waals surface area contributed by atoms with Crippen molar-refractivity contribution in [2.24, 2.45) is 0 Å². The zero-order valence-electron chi connectivity index (χ0n) is 18.4. The van der Waals surface area contributed by atoms with Gasteiger partial charge in [0.2, 0.25) is 5.91 Å². The molecule has 1 aromatic heterocycles. The standard InChI is InChI=1S/C24H30N4O4/c1-2-31-13-10-23(29)27-12-9-22(17-27)32-21-7-5-20(6-8-21)26-24(30)28-15-19(16-28)18-4-3-11-25-14-18/h3-8,11,14,19,22H,2,9-10,12-13,15-17H2,1H3,(H,26,30)/t22-/m1/s1. The highest BCUT2D eigenvalue weighted by atomic mass is 16.5. The van der Waals surface area contributed by atoms with Gasteiger partial charge in [-0.3, -0.25) is 9.78 Å². The molecule has 0 unspecified atom stereocenters. The van der Waals surface area contributed by atoms with Crippen molar-refractivity contribution < 1.29 is 19.1 Å². The van der Waals surface area contributed by atoms with Crippen molar-refractivity contribution in [3.63, 3.8) is 0 Å². The van der Waals surface area contributed by atoms with Gasteiger partial charge in [-0.05, 0) is 42.8 Å². The molecule has 3 heterocycles. The van der Waals surface area contributed by atoms with Crippen LogP contribution in [0.25, 0.3) is 0 Å². The Balaban J connectivity index is 1.19. The van der Waals surface area contributed by atoms with Crippen molar-refractivity contribution in [1.29, 1.82) is 0 Å². The molecule has 3 amide bonds. The van der Waals surface area contributed by atoms with Gasteiger partial charge in [-0.15, -0.1) is 0 Å². The van der Waals surface area contributed by atoms with Crippen LogP contribution < -0.4 is 10.1 Å². The fourth-order valence-electron chi connectivity index (χ4n) is 4.00. The summed E-state index contributed by atoms with van der Waals surface area (Å²) in [5.74, 6) is 1.19. The molecule has 4 rings (SSSR count). The maximum absolute atomic E-state index is 12.5. The number of aromatic nitrogens is 1. The molecule has 0 radical (unpaired) electrons. The van der Waals surface area contributed by atoms with Crippen molar-refractivity contribution in [3.05, 3.63) is 54.4 Å². The van der Waals surface area contributed by atoms with Gasteiger partial charge >= 0.3 is 6.03 Å². The number of carbonyl (C=O) groups excluding carboxylic acids is 2. The molecule has 170 valence electrons. The van der Waals surface area contributed by atoms with Crippen molar-refractivity contribution in [2.45, 2.75) is 31.8 Å². The lowest BCUT2D eigenvalue weighted by molar-refractivity contribution is -0.131. The van der Waals surface area contributed by atoms with Crippen LogP contribution >= 0.6 is 0 Å². The number of ether oxygens (including phenoxy) is 2. The summed E-state index contributed by atoms with van der Waals surface area (Å²) in [6.07, 6.45) is 4.82. The van der Waals surface area contributed by atoms with Crippen molar-refractivity contribution in [2.75, 3.05) is 44.7 Å². The summed E-state index contributed by atoms with van der Waals surface area (Å²) in [6, 6.07) is 11.2. The normalized spacial score (nSPS) is 18.3. The van der Waals surface area contributed by atoms with E-state index in [1.807, 2.05) is 54.4 Å². The van der Waals surface area contributed by atoms with Crippen LogP contribution in [0, 0.1) is 0 Å². The molecule has 2 fully saturated rings. The quantitative estimate of drug-likeness (QED) is 0.640. The highest BCUT2D eigenvalue weighted by molar-refractivity contribution is 5.90. The minimum Gasteiger partial charge on any atom is -0.489 e. The Morgan fingerprint density at radius 1 is 1.12 bits per heavy atom. The maximum atomic E-state index is 12.5. The van der Waals surface area contributed by atoms with Crippen molar-refractivity contribution in [3.8, 4) is 5.75 Å². The Kier molecular flexibility index (Phi) is 7.21. The van der Waals surface area contributed by atoms with Crippen molar-refractivity contribution >= 4 is 17.6 Å². The van der Waals surface area contributed by atoms with E-state index in [-0.39, 0.29) is 18.0 Å². The molecule has 1 aromatic carbocycles. The molecule has 0 aliphatic carbocycles.